The molecule has 0 bridgehead atoms. The van der Waals surface area contributed by atoms with E-state index in [0.717, 1.165) is 11.5 Å². The van der Waals surface area contributed by atoms with Gasteiger partial charge in [0.25, 0.3) is 0 Å². The number of hydrogen-bond acceptors (Lipinski definition) is 5. The molecular formula is C5H8N4O2S. The van der Waals surface area contributed by atoms with Gasteiger partial charge in [-0.1, -0.05) is 4.49 Å². The minimum absolute atomic E-state index is 0.414. The van der Waals surface area contributed by atoms with Crippen molar-refractivity contribution in [3.8, 4) is 0 Å². The van der Waals surface area contributed by atoms with Gasteiger partial charge in [-0.25, -0.2) is 10.3 Å². The van der Waals surface area contributed by atoms with Crippen LogP contribution in [-0.4, -0.2) is 22.2 Å². The Morgan fingerprint density at radius 3 is 3.25 bits per heavy atom. The van der Waals surface area contributed by atoms with E-state index in [4.69, 9.17) is 0 Å². The number of carbonyl (C=O) groups excluding carboxylic acids is 1. The third kappa shape index (κ3) is 2.81. The number of anilines is 1. The van der Waals surface area contributed by atoms with Gasteiger partial charge < -0.3 is 0 Å². The average Bonchev–Trinajstić information content (AvgIpc) is 2.53. The van der Waals surface area contributed by atoms with E-state index in [-0.39, 0.29) is 0 Å². The van der Waals surface area contributed by atoms with E-state index in [1.165, 1.54) is 0 Å². The van der Waals surface area contributed by atoms with Crippen molar-refractivity contribution < 1.29 is 9.63 Å². The van der Waals surface area contributed by atoms with Gasteiger partial charge in [0.1, 0.15) is 0 Å². The molecule has 0 aliphatic rings. The molecule has 2 amide bonds. The zero-order valence-corrected chi connectivity index (χ0v) is 7.22. The first-order valence-corrected chi connectivity index (χ1v) is 4.12. The summed E-state index contributed by atoms with van der Waals surface area (Å²) in [7, 11) is 0. The lowest BCUT2D eigenvalue weighted by Crippen LogP contribution is -2.28. The van der Waals surface area contributed by atoms with Gasteiger partial charge in [0.05, 0.1) is 12.0 Å². The Labute approximate surface area is 73.0 Å². The van der Waals surface area contributed by atoms with Gasteiger partial charge in [0.15, 0.2) is 5.82 Å². The predicted molar refractivity (Wildman–Crippen MR) is 43.7 cm³/mol. The number of carbonyl (C=O) groups is 1. The molecule has 0 saturated carbocycles. The van der Waals surface area contributed by atoms with Crippen molar-refractivity contribution >= 4 is 23.4 Å². The van der Waals surface area contributed by atoms with E-state index >= 15 is 0 Å². The molecule has 1 rings (SSSR count). The lowest BCUT2D eigenvalue weighted by atomic mass is 10.8. The molecule has 0 atom stereocenters. The molecule has 0 unspecified atom stereocenters. The van der Waals surface area contributed by atoms with E-state index in [2.05, 4.69) is 25.2 Å². The first-order valence-electron chi connectivity index (χ1n) is 3.28. The molecule has 0 aliphatic heterocycles. The average molecular weight is 188 g/mol. The summed E-state index contributed by atoms with van der Waals surface area (Å²) in [5.74, 6) is 0.414. The Balaban J connectivity index is 2.27. The number of nitrogens with one attached hydrogen (secondary N) is 2. The number of nitrogens with zero attached hydrogens (tertiary/aromatic N) is 2. The quantitative estimate of drug-likeness (QED) is 0.681. The molecule has 0 spiro atoms. The van der Waals surface area contributed by atoms with Gasteiger partial charge in [-0.3, -0.25) is 10.2 Å². The first kappa shape index (κ1) is 8.88. The van der Waals surface area contributed by atoms with Gasteiger partial charge in [-0.2, -0.15) is 0 Å². The van der Waals surface area contributed by atoms with E-state index in [0.29, 0.717) is 12.4 Å². The van der Waals surface area contributed by atoms with Crippen LogP contribution in [0.3, 0.4) is 0 Å². The number of hydroxylamine groups is 1. The summed E-state index contributed by atoms with van der Waals surface area (Å²) in [6.07, 6.45) is 0. The van der Waals surface area contributed by atoms with Crippen molar-refractivity contribution in [1.29, 1.82) is 0 Å². The Morgan fingerprint density at radius 2 is 2.67 bits per heavy atom. The maximum absolute atomic E-state index is 10.9. The van der Waals surface area contributed by atoms with Crippen molar-refractivity contribution in [3.63, 3.8) is 0 Å². The number of aromatic nitrogens is 2. The molecule has 1 aromatic rings. The monoisotopic (exact) mass is 188 g/mol. The van der Waals surface area contributed by atoms with Crippen LogP contribution in [0.4, 0.5) is 10.6 Å². The van der Waals surface area contributed by atoms with Crippen LogP contribution in [0.1, 0.15) is 6.92 Å². The van der Waals surface area contributed by atoms with Crippen LogP contribution in [0.25, 0.3) is 0 Å². The molecule has 0 saturated heterocycles. The summed E-state index contributed by atoms with van der Waals surface area (Å²) in [4.78, 5) is 15.5. The van der Waals surface area contributed by atoms with Crippen molar-refractivity contribution in [3.05, 3.63) is 5.38 Å². The highest BCUT2D eigenvalue weighted by Gasteiger charge is 2.01. The molecule has 0 aliphatic carbocycles. The molecule has 7 heteroatoms. The Kier molecular flexibility index (Phi) is 3.42. The topological polar surface area (TPSA) is 76.1 Å². The van der Waals surface area contributed by atoms with Gasteiger partial charge >= 0.3 is 6.03 Å². The molecule has 1 aromatic heterocycles. The smallest absolute Gasteiger partial charge is 0.288 e. The summed E-state index contributed by atoms with van der Waals surface area (Å²) >= 11 is 1.16. The number of urea groups is 1. The van der Waals surface area contributed by atoms with Gasteiger partial charge in [0.2, 0.25) is 0 Å². The summed E-state index contributed by atoms with van der Waals surface area (Å²) in [6.45, 7) is 2.19. The largest absolute Gasteiger partial charge is 0.344 e. The molecule has 66 valence electrons. The van der Waals surface area contributed by atoms with E-state index < -0.39 is 6.03 Å². The third-order valence-corrected chi connectivity index (χ3v) is 1.42. The number of amides is 2. The van der Waals surface area contributed by atoms with Crippen LogP contribution < -0.4 is 10.8 Å². The first-order chi connectivity index (χ1) is 5.83. The summed E-state index contributed by atoms with van der Waals surface area (Å²) in [5.41, 5.74) is 2.16. The highest BCUT2D eigenvalue weighted by molar-refractivity contribution is 7.03. The van der Waals surface area contributed by atoms with E-state index in [1.54, 1.807) is 12.3 Å². The fourth-order valence-corrected chi connectivity index (χ4v) is 0.887. The van der Waals surface area contributed by atoms with Crippen LogP contribution in [0.2, 0.25) is 0 Å². The second-order valence-corrected chi connectivity index (χ2v) is 2.39. The van der Waals surface area contributed by atoms with Gasteiger partial charge in [-0.15, -0.1) is 5.10 Å². The van der Waals surface area contributed by atoms with Crippen LogP contribution in [0.15, 0.2) is 5.38 Å². The van der Waals surface area contributed by atoms with Crippen LogP contribution in [0.5, 0.6) is 0 Å². The molecule has 6 nitrogen and oxygen atoms in total. The molecule has 0 fully saturated rings. The summed E-state index contributed by atoms with van der Waals surface area (Å²) in [6, 6.07) is -0.454. The molecular weight excluding hydrogens is 180 g/mol. The fraction of sp³-hybridized carbons (Fsp3) is 0.400. The maximum Gasteiger partial charge on any atom is 0.344 e. The highest BCUT2D eigenvalue weighted by atomic mass is 32.1. The van der Waals surface area contributed by atoms with E-state index in [1.807, 2.05) is 0 Å². The molecule has 2 N–H and O–H groups in total. The van der Waals surface area contributed by atoms with Crippen molar-refractivity contribution in [2.24, 2.45) is 0 Å². The lowest BCUT2D eigenvalue weighted by Gasteiger charge is -2.02. The summed E-state index contributed by atoms with van der Waals surface area (Å²) < 4.78 is 3.56. The predicted octanol–water partition coefficient (Wildman–Crippen LogP) is 0.611. The summed E-state index contributed by atoms with van der Waals surface area (Å²) in [5, 5.41) is 7.64. The van der Waals surface area contributed by atoms with Crippen molar-refractivity contribution in [2.75, 3.05) is 11.9 Å². The lowest BCUT2D eigenvalue weighted by molar-refractivity contribution is 0.0758. The Morgan fingerprint density at radius 1 is 1.83 bits per heavy atom. The zero-order chi connectivity index (χ0) is 8.81. The van der Waals surface area contributed by atoms with Crippen LogP contribution in [0, 0.1) is 0 Å². The second-order valence-electron chi connectivity index (χ2n) is 1.78. The van der Waals surface area contributed by atoms with Crippen molar-refractivity contribution in [2.45, 2.75) is 6.92 Å². The zero-order valence-electron chi connectivity index (χ0n) is 6.40. The minimum Gasteiger partial charge on any atom is -0.288 e. The Hall–Kier alpha value is -1.21. The highest BCUT2D eigenvalue weighted by Crippen LogP contribution is 2.01. The van der Waals surface area contributed by atoms with Gasteiger partial charge in [-0.05, 0) is 18.5 Å². The molecule has 1 heterocycles. The minimum atomic E-state index is -0.454. The molecule has 0 aromatic carbocycles. The van der Waals surface area contributed by atoms with Gasteiger partial charge in [0, 0.05) is 0 Å². The van der Waals surface area contributed by atoms with Crippen molar-refractivity contribution in [1.82, 2.24) is 15.1 Å². The number of hydrogen-bond donors (Lipinski definition) is 2. The fourth-order valence-electron chi connectivity index (χ4n) is 0.499. The third-order valence-electron chi connectivity index (χ3n) is 0.911. The molecule has 0 radical (unpaired) electrons. The van der Waals surface area contributed by atoms with Crippen LogP contribution >= 0.6 is 11.5 Å². The normalized spacial score (nSPS) is 9.42. The number of rotatable bonds is 3. The van der Waals surface area contributed by atoms with Crippen LogP contribution in [-0.2, 0) is 4.84 Å². The second kappa shape index (κ2) is 4.62. The Bertz CT molecular complexity index is 238. The SMILES string of the molecule is CCONC(=O)Nc1csnn1. The standard InChI is InChI=1S/C5H8N4O2S/c1-2-11-8-5(10)6-4-3-12-9-7-4/h3H,2H2,1H3,(H2,6,8,10). The maximum atomic E-state index is 10.9. The van der Waals surface area contributed by atoms with E-state index in [9.17, 15) is 4.79 Å². The molecule has 12 heavy (non-hydrogen) atoms.